The lowest BCUT2D eigenvalue weighted by molar-refractivity contribution is 0.405. The van der Waals surface area contributed by atoms with E-state index in [0.717, 1.165) is 11.0 Å². The van der Waals surface area contributed by atoms with E-state index in [0.29, 0.717) is 18.0 Å². The number of benzene rings is 1. The molecular weight excluding hydrogens is 344 g/mol. The fraction of sp³-hybridized carbons (Fsp3) is 0.231. The third kappa shape index (κ3) is 3.84. The maximum absolute atomic E-state index is 12.1. The van der Waals surface area contributed by atoms with Crippen molar-refractivity contribution in [3.63, 3.8) is 0 Å². The Balaban J connectivity index is 2.13. The minimum atomic E-state index is -3.69. The van der Waals surface area contributed by atoms with Crippen LogP contribution in [0, 0.1) is 0 Å². The highest BCUT2D eigenvalue weighted by atomic mass is 79.9. The minimum Gasteiger partial charge on any atom is -0.446 e. The van der Waals surface area contributed by atoms with Crippen LogP contribution in [-0.4, -0.2) is 15.0 Å². The van der Waals surface area contributed by atoms with E-state index >= 15 is 0 Å². The van der Waals surface area contributed by atoms with Gasteiger partial charge in [-0.1, -0.05) is 22.9 Å². The first-order valence-corrected chi connectivity index (χ1v) is 8.36. The lowest BCUT2D eigenvalue weighted by Gasteiger charge is -2.05. The zero-order chi connectivity index (χ0) is 14.6. The molecule has 0 bridgehead atoms. The summed E-state index contributed by atoms with van der Waals surface area (Å²) in [4.78, 5) is 0. The fourth-order valence-corrected chi connectivity index (χ4v) is 2.84. The molecule has 2 aromatic rings. The first kappa shape index (κ1) is 15.1. The molecule has 0 spiro atoms. The van der Waals surface area contributed by atoms with Crippen LogP contribution in [0.4, 0.5) is 5.69 Å². The number of anilines is 1. The quantitative estimate of drug-likeness (QED) is 0.832. The third-order valence-corrected chi connectivity index (χ3v) is 4.33. The van der Waals surface area contributed by atoms with Gasteiger partial charge in [-0.25, -0.2) is 0 Å². The van der Waals surface area contributed by atoms with Crippen LogP contribution in [0.1, 0.15) is 12.7 Å². The standard InChI is InChI=1S/C13H15BrN2O3S/c1-2-15-9-12-7-8-13(19-12)20(17,18)16-11-5-3-10(14)4-6-11/h3-8,15-16H,2,9H2,1H3. The maximum Gasteiger partial charge on any atom is 0.295 e. The number of halogens is 1. The molecule has 0 aliphatic carbocycles. The first-order chi connectivity index (χ1) is 9.51. The Morgan fingerprint density at radius 3 is 2.50 bits per heavy atom. The molecule has 7 heteroatoms. The Bertz CT molecular complexity index is 665. The molecule has 0 atom stereocenters. The van der Waals surface area contributed by atoms with Crippen LogP contribution in [0.5, 0.6) is 0 Å². The van der Waals surface area contributed by atoms with Crippen molar-refractivity contribution >= 4 is 31.6 Å². The van der Waals surface area contributed by atoms with Gasteiger partial charge in [0.25, 0.3) is 10.0 Å². The molecule has 1 aromatic carbocycles. The molecule has 0 radical (unpaired) electrons. The zero-order valence-corrected chi connectivity index (χ0v) is 13.3. The van der Waals surface area contributed by atoms with Crippen LogP contribution in [0.15, 0.2) is 50.4 Å². The second kappa shape index (κ2) is 6.43. The van der Waals surface area contributed by atoms with Crippen LogP contribution < -0.4 is 10.0 Å². The van der Waals surface area contributed by atoms with Gasteiger partial charge in [0.15, 0.2) is 0 Å². The average Bonchev–Trinajstić information content (AvgIpc) is 2.88. The van der Waals surface area contributed by atoms with E-state index in [2.05, 4.69) is 26.0 Å². The van der Waals surface area contributed by atoms with Crippen molar-refractivity contribution in [3.8, 4) is 0 Å². The summed E-state index contributed by atoms with van der Waals surface area (Å²) in [5.41, 5.74) is 0.484. The number of hydrogen-bond donors (Lipinski definition) is 2. The summed E-state index contributed by atoms with van der Waals surface area (Å²) >= 11 is 3.29. The van der Waals surface area contributed by atoms with Crippen molar-refractivity contribution in [3.05, 3.63) is 46.6 Å². The molecule has 0 unspecified atom stereocenters. The van der Waals surface area contributed by atoms with Crippen molar-refractivity contribution in [1.29, 1.82) is 0 Å². The lowest BCUT2D eigenvalue weighted by atomic mass is 10.3. The van der Waals surface area contributed by atoms with E-state index in [4.69, 9.17) is 4.42 Å². The Morgan fingerprint density at radius 1 is 1.15 bits per heavy atom. The zero-order valence-electron chi connectivity index (χ0n) is 10.9. The Hall–Kier alpha value is -1.31. The van der Waals surface area contributed by atoms with Crippen LogP contribution in [-0.2, 0) is 16.6 Å². The minimum absolute atomic E-state index is 0.0895. The number of nitrogens with one attached hydrogen (secondary N) is 2. The van der Waals surface area contributed by atoms with Crippen LogP contribution in [0.2, 0.25) is 0 Å². The largest absolute Gasteiger partial charge is 0.446 e. The van der Waals surface area contributed by atoms with Gasteiger partial charge in [-0.3, -0.25) is 4.72 Å². The molecule has 0 aliphatic rings. The molecular formula is C13H15BrN2O3S. The molecule has 0 amide bonds. The number of sulfonamides is 1. The molecule has 0 saturated carbocycles. The summed E-state index contributed by atoms with van der Waals surface area (Å²) in [6.45, 7) is 3.26. The van der Waals surface area contributed by atoms with Gasteiger partial charge in [0.05, 0.1) is 6.54 Å². The molecule has 0 aliphatic heterocycles. The Morgan fingerprint density at radius 2 is 1.85 bits per heavy atom. The van der Waals surface area contributed by atoms with Gasteiger partial charge in [-0.15, -0.1) is 0 Å². The second-order valence-corrected chi connectivity index (χ2v) is 6.64. The Kier molecular flexibility index (Phi) is 4.85. The molecule has 2 N–H and O–H groups in total. The predicted molar refractivity (Wildman–Crippen MR) is 81.0 cm³/mol. The highest BCUT2D eigenvalue weighted by Crippen LogP contribution is 2.20. The van der Waals surface area contributed by atoms with Gasteiger partial charge in [0, 0.05) is 10.2 Å². The van der Waals surface area contributed by atoms with E-state index < -0.39 is 10.0 Å². The number of rotatable bonds is 6. The summed E-state index contributed by atoms with van der Waals surface area (Å²) in [6.07, 6.45) is 0. The molecule has 20 heavy (non-hydrogen) atoms. The molecule has 2 rings (SSSR count). The molecule has 1 aromatic heterocycles. The first-order valence-electron chi connectivity index (χ1n) is 6.09. The second-order valence-electron chi connectivity index (χ2n) is 4.11. The van der Waals surface area contributed by atoms with Crippen molar-refractivity contribution in [2.75, 3.05) is 11.3 Å². The summed E-state index contributed by atoms with van der Waals surface area (Å²) < 4.78 is 32.9. The lowest BCUT2D eigenvalue weighted by Crippen LogP contribution is -2.13. The van der Waals surface area contributed by atoms with E-state index in [1.165, 1.54) is 6.07 Å². The van der Waals surface area contributed by atoms with Gasteiger partial charge in [-0.05, 0) is 42.9 Å². The predicted octanol–water partition coefficient (Wildman–Crippen LogP) is 2.95. The van der Waals surface area contributed by atoms with Crippen molar-refractivity contribution in [2.45, 2.75) is 18.6 Å². The molecule has 5 nitrogen and oxygen atoms in total. The van der Waals surface area contributed by atoms with E-state index in [1.54, 1.807) is 30.3 Å². The number of hydrogen-bond acceptors (Lipinski definition) is 4. The smallest absolute Gasteiger partial charge is 0.295 e. The third-order valence-electron chi connectivity index (χ3n) is 2.55. The highest BCUT2D eigenvalue weighted by Gasteiger charge is 2.18. The average molecular weight is 359 g/mol. The van der Waals surface area contributed by atoms with Gasteiger partial charge < -0.3 is 9.73 Å². The number of furan rings is 1. The SMILES string of the molecule is CCNCc1ccc(S(=O)(=O)Nc2ccc(Br)cc2)o1. The molecule has 0 fully saturated rings. The van der Waals surface area contributed by atoms with Crippen molar-refractivity contribution in [1.82, 2.24) is 5.32 Å². The van der Waals surface area contributed by atoms with Crippen LogP contribution in [0.3, 0.4) is 0 Å². The Labute approximate surface area is 126 Å². The monoisotopic (exact) mass is 358 g/mol. The van der Waals surface area contributed by atoms with Crippen molar-refractivity contribution in [2.24, 2.45) is 0 Å². The molecule has 1 heterocycles. The molecule has 0 saturated heterocycles. The molecule has 108 valence electrons. The van der Waals surface area contributed by atoms with E-state index in [1.807, 2.05) is 6.92 Å². The summed E-state index contributed by atoms with van der Waals surface area (Å²) in [6, 6.07) is 9.97. The van der Waals surface area contributed by atoms with E-state index in [9.17, 15) is 8.42 Å². The van der Waals surface area contributed by atoms with Gasteiger partial charge in [-0.2, -0.15) is 8.42 Å². The van der Waals surface area contributed by atoms with Crippen LogP contribution in [0.25, 0.3) is 0 Å². The van der Waals surface area contributed by atoms with Gasteiger partial charge in [0.2, 0.25) is 5.09 Å². The summed E-state index contributed by atoms with van der Waals surface area (Å²) in [5, 5.41) is 2.98. The van der Waals surface area contributed by atoms with Gasteiger partial charge in [0.1, 0.15) is 5.76 Å². The van der Waals surface area contributed by atoms with Gasteiger partial charge >= 0.3 is 0 Å². The fourth-order valence-electron chi connectivity index (χ4n) is 1.57. The summed E-state index contributed by atoms with van der Waals surface area (Å²) in [5.74, 6) is 0.586. The summed E-state index contributed by atoms with van der Waals surface area (Å²) in [7, 11) is -3.69. The normalized spacial score (nSPS) is 11.5. The topological polar surface area (TPSA) is 71.3 Å². The van der Waals surface area contributed by atoms with E-state index in [-0.39, 0.29) is 5.09 Å². The highest BCUT2D eigenvalue weighted by molar-refractivity contribution is 9.10. The maximum atomic E-state index is 12.1. The van der Waals surface area contributed by atoms with Crippen molar-refractivity contribution < 1.29 is 12.8 Å². The van der Waals surface area contributed by atoms with Crippen LogP contribution >= 0.6 is 15.9 Å².